The lowest BCUT2D eigenvalue weighted by Crippen LogP contribution is -2.25. The number of amides is 1. The minimum atomic E-state index is -0.0887. The number of carbonyl (C=O) groups is 1. The minimum Gasteiger partial charge on any atom is -0.352 e. The molecule has 0 atom stereocenters. The molecule has 3 rings (SSSR count). The highest BCUT2D eigenvalue weighted by atomic mass is 16.1. The van der Waals surface area contributed by atoms with Crippen molar-refractivity contribution in [2.75, 3.05) is 6.54 Å². The van der Waals surface area contributed by atoms with Gasteiger partial charge < -0.3 is 9.88 Å². The van der Waals surface area contributed by atoms with E-state index < -0.39 is 0 Å². The second-order valence-corrected chi connectivity index (χ2v) is 7.55. The molecule has 5 heteroatoms. The first-order valence-corrected chi connectivity index (χ1v) is 9.78. The maximum atomic E-state index is 12.4. The molecule has 0 radical (unpaired) electrons. The monoisotopic (exact) mass is 376 g/mol. The number of benzene rings is 1. The van der Waals surface area contributed by atoms with Crippen molar-refractivity contribution in [3.05, 3.63) is 71.4 Å². The maximum absolute atomic E-state index is 12.4. The smallest absolute Gasteiger partial charge is 0.252 e. The molecule has 0 unspecified atom stereocenters. The normalized spacial score (nSPS) is 11.0. The molecule has 1 amide bonds. The molecule has 0 aliphatic carbocycles. The van der Waals surface area contributed by atoms with Gasteiger partial charge in [-0.15, -0.1) is 0 Å². The molecule has 1 N–H and O–H groups in total. The third-order valence-electron chi connectivity index (χ3n) is 4.67. The Morgan fingerprint density at radius 1 is 1.11 bits per heavy atom. The van der Waals surface area contributed by atoms with E-state index in [4.69, 9.17) is 0 Å². The van der Waals surface area contributed by atoms with Gasteiger partial charge in [-0.3, -0.25) is 9.78 Å². The molecule has 0 saturated carbocycles. The fourth-order valence-corrected chi connectivity index (χ4v) is 3.39. The molecule has 0 fully saturated rings. The molecular formula is C23H28N4O. The third-order valence-corrected chi connectivity index (χ3v) is 4.67. The first-order valence-electron chi connectivity index (χ1n) is 9.78. The standard InChI is InChI=1S/C23H28N4O/c1-16(2)22-24-9-11-27(22)10-5-8-25-23(28)19-6-7-21(26-15-19)20-13-17(3)12-18(4)14-20/h6-7,9,11-16H,5,8,10H2,1-4H3,(H,25,28). The van der Waals surface area contributed by atoms with Gasteiger partial charge in [0.15, 0.2) is 0 Å². The molecule has 146 valence electrons. The molecular weight excluding hydrogens is 348 g/mol. The van der Waals surface area contributed by atoms with Crippen molar-refractivity contribution in [2.24, 2.45) is 0 Å². The van der Waals surface area contributed by atoms with Crippen molar-refractivity contribution in [3.8, 4) is 11.3 Å². The Morgan fingerprint density at radius 2 is 1.86 bits per heavy atom. The number of nitrogens with zero attached hydrogens (tertiary/aromatic N) is 3. The van der Waals surface area contributed by atoms with E-state index in [0.29, 0.717) is 18.0 Å². The number of rotatable bonds is 7. The van der Waals surface area contributed by atoms with Crippen molar-refractivity contribution >= 4 is 5.91 Å². The highest BCUT2D eigenvalue weighted by Crippen LogP contribution is 2.20. The van der Waals surface area contributed by atoms with Crippen LogP contribution in [0.15, 0.2) is 48.9 Å². The molecule has 1 aromatic carbocycles. The number of pyridine rings is 1. The molecule has 0 aliphatic heterocycles. The quantitative estimate of drug-likeness (QED) is 0.617. The van der Waals surface area contributed by atoms with E-state index >= 15 is 0 Å². The van der Waals surface area contributed by atoms with Crippen molar-refractivity contribution in [2.45, 2.75) is 46.6 Å². The van der Waals surface area contributed by atoms with Crippen LogP contribution in [0.3, 0.4) is 0 Å². The van der Waals surface area contributed by atoms with Crippen LogP contribution in [-0.2, 0) is 6.54 Å². The molecule has 5 nitrogen and oxygen atoms in total. The van der Waals surface area contributed by atoms with Gasteiger partial charge in [-0.05, 0) is 44.5 Å². The maximum Gasteiger partial charge on any atom is 0.252 e. The molecule has 0 spiro atoms. The summed E-state index contributed by atoms with van der Waals surface area (Å²) in [5.74, 6) is 1.39. The summed E-state index contributed by atoms with van der Waals surface area (Å²) in [7, 11) is 0. The zero-order valence-electron chi connectivity index (χ0n) is 17.1. The van der Waals surface area contributed by atoms with Crippen LogP contribution in [0.1, 0.15) is 53.5 Å². The topological polar surface area (TPSA) is 59.8 Å². The highest BCUT2D eigenvalue weighted by molar-refractivity contribution is 5.94. The Hall–Kier alpha value is -2.95. The first kappa shape index (κ1) is 19.8. The second kappa shape index (κ2) is 8.83. The van der Waals surface area contributed by atoms with Crippen LogP contribution in [0.25, 0.3) is 11.3 Å². The van der Waals surface area contributed by atoms with Gasteiger partial charge in [0.1, 0.15) is 5.82 Å². The number of hydrogen-bond donors (Lipinski definition) is 1. The predicted molar refractivity (Wildman–Crippen MR) is 112 cm³/mol. The molecule has 0 aliphatic rings. The van der Waals surface area contributed by atoms with E-state index in [1.807, 2.05) is 24.5 Å². The van der Waals surface area contributed by atoms with Gasteiger partial charge in [0, 0.05) is 43.2 Å². The van der Waals surface area contributed by atoms with E-state index in [2.05, 4.69) is 65.7 Å². The Labute approximate surface area is 166 Å². The zero-order chi connectivity index (χ0) is 20.1. The Bertz CT molecular complexity index is 921. The van der Waals surface area contributed by atoms with Crippen LogP contribution in [0.4, 0.5) is 0 Å². The fourth-order valence-electron chi connectivity index (χ4n) is 3.39. The Balaban J connectivity index is 1.54. The van der Waals surface area contributed by atoms with Crippen molar-refractivity contribution in [1.29, 1.82) is 0 Å². The van der Waals surface area contributed by atoms with Crippen LogP contribution in [0, 0.1) is 13.8 Å². The van der Waals surface area contributed by atoms with Gasteiger partial charge in [0.25, 0.3) is 5.91 Å². The number of aryl methyl sites for hydroxylation is 3. The SMILES string of the molecule is Cc1cc(C)cc(-c2ccc(C(=O)NCCCn3ccnc3C(C)C)cn2)c1. The molecule has 3 aromatic rings. The molecule has 28 heavy (non-hydrogen) atoms. The summed E-state index contributed by atoms with van der Waals surface area (Å²) in [6.07, 6.45) is 6.33. The van der Waals surface area contributed by atoms with Gasteiger partial charge in [-0.25, -0.2) is 4.98 Å². The van der Waals surface area contributed by atoms with E-state index in [-0.39, 0.29) is 5.91 Å². The van der Waals surface area contributed by atoms with E-state index in [0.717, 1.165) is 30.0 Å². The van der Waals surface area contributed by atoms with Crippen LogP contribution in [0.2, 0.25) is 0 Å². The molecule has 2 aromatic heterocycles. The average molecular weight is 377 g/mol. The predicted octanol–water partition coefficient (Wildman–Crippen LogP) is 4.51. The number of hydrogen-bond acceptors (Lipinski definition) is 3. The van der Waals surface area contributed by atoms with Gasteiger partial charge >= 0.3 is 0 Å². The van der Waals surface area contributed by atoms with Gasteiger partial charge in [-0.2, -0.15) is 0 Å². The Kier molecular flexibility index (Phi) is 6.24. The number of carbonyl (C=O) groups excluding carboxylic acids is 1. The number of aromatic nitrogens is 3. The highest BCUT2D eigenvalue weighted by Gasteiger charge is 2.09. The van der Waals surface area contributed by atoms with Gasteiger partial charge in [0.05, 0.1) is 11.3 Å². The molecule has 0 bridgehead atoms. The lowest BCUT2D eigenvalue weighted by molar-refractivity contribution is 0.0952. The summed E-state index contributed by atoms with van der Waals surface area (Å²) in [6, 6.07) is 10.1. The summed E-state index contributed by atoms with van der Waals surface area (Å²) in [5.41, 5.74) is 4.95. The van der Waals surface area contributed by atoms with E-state index in [9.17, 15) is 4.79 Å². The zero-order valence-corrected chi connectivity index (χ0v) is 17.1. The van der Waals surface area contributed by atoms with E-state index in [1.54, 1.807) is 6.20 Å². The fraction of sp³-hybridized carbons (Fsp3) is 0.348. The van der Waals surface area contributed by atoms with Crippen molar-refractivity contribution < 1.29 is 4.79 Å². The second-order valence-electron chi connectivity index (χ2n) is 7.55. The average Bonchev–Trinajstić information content (AvgIpc) is 3.13. The summed E-state index contributed by atoms with van der Waals surface area (Å²) < 4.78 is 2.15. The van der Waals surface area contributed by atoms with Crippen LogP contribution < -0.4 is 5.32 Å². The van der Waals surface area contributed by atoms with Crippen molar-refractivity contribution in [3.63, 3.8) is 0 Å². The van der Waals surface area contributed by atoms with Crippen molar-refractivity contribution in [1.82, 2.24) is 19.9 Å². The third kappa shape index (κ3) is 4.85. The van der Waals surface area contributed by atoms with Gasteiger partial charge in [-0.1, -0.05) is 31.0 Å². The lowest BCUT2D eigenvalue weighted by atomic mass is 10.0. The van der Waals surface area contributed by atoms with Crippen LogP contribution >= 0.6 is 0 Å². The summed E-state index contributed by atoms with van der Waals surface area (Å²) in [4.78, 5) is 21.2. The first-order chi connectivity index (χ1) is 13.4. The summed E-state index contributed by atoms with van der Waals surface area (Å²) >= 11 is 0. The lowest BCUT2D eigenvalue weighted by Gasteiger charge is -2.11. The van der Waals surface area contributed by atoms with Gasteiger partial charge in [0.2, 0.25) is 0 Å². The minimum absolute atomic E-state index is 0.0887. The number of nitrogens with one attached hydrogen (secondary N) is 1. The largest absolute Gasteiger partial charge is 0.352 e. The molecule has 0 saturated heterocycles. The number of imidazole rings is 1. The summed E-state index contributed by atoms with van der Waals surface area (Å²) in [5, 5.41) is 2.97. The van der Waals surface area contributed by atoms with Crippen LogP contribution in [0.5, 0.6) is 0 Å². The summed E-state index contributed by atoms with van der Waals surface area (Å²) in [6.45, 7) is 9.88. The Morgan fingerprint density at radius 3 is 2.50 bits per heavy atom. The van der Waals surface area contributed by atoms with Crippen LogP contribution in [-0.4, -0.2) is 27.0 Å². The van der Waals surface area contributed by atoms with E-state index in [1.165, 1.54) is 11.1 Å². The molecule has 2 heterocycles.